The van der Waals surface area contributed by atoms with Gasteiger partial charge in [-0.15, -0.1) is 0 Å². The zero-order chi connectivity index (χ0) is 18.2. The zero-order valence-corrected chi connectivity index (χ0v) is 15.2. The van der Waals surface area contributed by atoms with Crippen molar-refractivity contribution in [2.75, 3.05) is 13.1 Å². The van der Waals surface area contributed by atoms with Crippen LogP contribution in [0.1, 0.15) is 55.1 Å². The average Bonchev–Trinajstić information content (AvgIpc) is 2.89. The van der Waals surface area contributed by atoms with E-state index >= 15 is 0 Å². The van der Waals surface area contributed by atoms with E-state index in [0.29, 0.717) is 26.2 Å². The van der Waals surface area contributed by atoms with Crippen molar-refractivity contribution in [1.82, 2.24) is 9.80 Å². The van der Waals surface area contributed by atoms with E-state index in [4.69, 9.17) is 10.5 Å². The van der Waals surface area contributed by atoms with E-state index in [1.54, 1.807) is 4.90 Å². The molecule has 2 N–H and O–H groups in total. The summed E-state index contributed by atoms with van der Waals surface area (Å²) in [6.07, 6.45) is 1.48. The molecule has 2 heterocycles. The molecule has 6 heteroatoms. The summed E-state index contributed by atoms with van der Waals surface area (Å²) < 4.78 is 5.48. The third kappa shape index (κ3) is 3.79. The summed E-state index contributed by atoms with van der Waals surface area (Å²) >= 11 is 0. The van der Waals surface area contributed by atoms with Crippen LogP contribution in [0.25, 0.3) is 0 Å². The Morgan fingerprint density at radius 3 is 2.80 bits per heavy atom. The third-order valence-corrected chi connectivity index (χ3v) is 4.73. The van der Waals surface area contributed by atoms with Crippen LogP contribution in [0.3, 0.4) is 0 Å². The van der Waals surface area contributed by atoms with Gasteiger partial charge in [0.2, 0.25) is 0 Å². The molecule has 0 aliphatic carbocycles. The molecular formula is C19H27N3O3. The number of rotatable bonds is 2. The number of likely N-dealkylation sites (tertiary alicyclic amines) is 1. The molecule has 0 spiro atoms. The summed E-state index contributed by atoms with van der Waals surface area (Å²) in [5, 5.41) is 0. The fourth-order valence-corrected chi connectivity index (χ4v) is 3.52. The summed E-state index contributed by atoms with van der Waals surface area (Å²) in [4.78, 5) is 28.7. The van der Waals surface area contributed by atoms with Crippen molar-refractivity contribution >= 4 is 12.0 Å². The normalized spacial score (nSPS) is 20.6. The molecule has 1 saturated heterocycles. The molecule has 1 fully saturated rings. The number of benzene rings is 1. The van der Waals surface area contributed by atoms with Gasteiger partial charge in [-0.3, -0.25) is 4.79 Å². The van der Waals surface area contributed by atoms with Gasteiger partial charge in [0.15, 0.2) is 0 Å². The lowest BCUT2D eigenvalue weighted by Crippen LogP contribution is -2.50. The van der Waals surface area contributed by atoms with Crippen LogP contribution >= 0.6 is 0 Å². The Kier molecular flexibility index (Phi) is 4.73. The Bertz CT molecular complexity index is 681. The number of carbonyl (C=O) groups excluding carboxylic acids is 2. The first-order chi connectivity index (χ1) is 11.8. The molecule has 25 heavy (non-hydrogen) atoms. The van der Waals surface area contributed by atoms with Crippen LogP contribution in [0, 0.1) is 0 Å². The summed E-state index contributed by atoms with van der Waals surface area (Å²) in [7, 11) is 0. The molecule has 0 aromatic heterocycles. The van der Waals surface area contributed by atoms with Gasteiger partial charge in [0, 0.05) is 31.7 Å². The van der Waals surface area contributed by atoms with E-state index in [2.05, 4.69) is 0 Å². The minimum atomic E-state index is -0.512. The number of carbonyl (C=O) groups is 2. The van der Waals surface area contributed by atoms with Gasteiger partial charge >= 0.3 is 6.09 Å². The van der Waals surface area contributed by atoms with E-state index in [9.17, 15) is 9.59 Å². The highest BCUT2D eigenvalue weighted by Gasteiger charge is 2.36. The van der Waals surface area contributed by atoms with E-state index in [-0.39, 0.29) is 18.0 Å². The Morgan fingerprint density at radius 1 is 1.36 bits per heavy atom. The standard InChI is InChI=1S/C19H27N3O3/c1-19(2,3)25-18(24)21-8-4-5-15(12-21)22-11-14-9-13(10-20)6-7-16(14)17(22)23/h6-7,9,15H,4-5,8,10-12,20H2,1-3H3/t15-/m0/s1. The molecule has 136 valence electrons. The van der Waals surface area contributed by atoms with Crippen molar-refractivity contribution in [3.63, 3.8) is 0 Å². The van der Waals surface area contributed by atoms with Gasteiger partial charge in [-0.2, -0.15) is 0 Å². The van der Waals surface area contributed by atoms with Crippen LogP contribution in [0.4, 0.5) is 4.79 Å². The molecule has 3 rings (SSSR count). The van der Waals surface area contributed by atoms with Gasteiger partial charge in [-0.05, 0) is 50.8 Å². The maximum absolute atomic E-state index is 12.8. The van der Waals surface area contributed by atoms with Crippen molar-refractivity contribution < 1.29 is 14.3 Å². The molecule has 1 aromatic carbocycles. The second-order valence-corrected chi connectivity index (χ2v) is 7.85. The van der Waals surface area contributed by atoms with E-state index in [0.717, 1.165) is 29.5 Å². The van der Waals surface area contributed by atoms with Crippen molar-refractivity contribution in [3.8, 4) is 0 Å². The molecule has 6 nitrogen and oxygen atoms in total. The average molecular weight is 345 g/mol. The number of nitrogens with zero attached hydrogens (tertiary/aromatic N) is 2. The van der Waals surface area contributed by atoms with E-state index in [1.165, 1.54) is 0 Å². The predicted molar refractivity (Wildman–Crippen MR) is 95.0 cm³/mol. The zero-order valence-electron chi connectivity index (χ0n) is 15.2. The maximum atomic E-state index is 12.8. The van der Waals surface area contributed by atoms with Crippen molar-refractivity contribution in [2.45, 2.75) is 58.3 Å². The second kappa shape index (κ2) is 6.67. The van der Waals surface area contributed by atoms with Crippen molar-refractivity contribution in [1.29, 1.82) is 0 Å². The van der Waals surface area contributed by atoms with Crippen LogP contribution < -0.4 is 5.73 Å². The largest absolute Gasteiger partial charge is 0.444 e. The minimum absolute atomic E-state index is 0.0301. The molecule has 1 aromatic rings. The lowest BCUT2D eigenvalue weighted by Gasteiger charge is -2.38. The molecule has 2 aliphatic rings. The predicted octanol–water partition coefficient (Wildman–Crippen LogP) is 2.50. The van der Waals surface area contributed by atoms with Crippen molar-refractivity contribution in [2.24, 2.45) is 5.73 Å². The van der Waals surface area contributed by atoms with Gasteiger partial charge in [-0.1, -0.05) is 12.1 Å². The highest BCUT2D eigenvalue weighted by atomic mass is 16.6. The highest BCUT2D eigenvalue weighted by Crippen LogP contribution is 2.29. The first-order valence-corrected chi connectivity index (χ1v) is 8.89. The fraction of sp³-hybridized carbons (Fsp3) is 0.579. The molecule has 2 amide bonds. The number of piperidine rings is 1. The molecule has 0 unspecified atom stereocenters. The van der Waals surface area contributed by atoms with Crippen LogP contribution in [-0.2, 0) is 17.8 Å². The number of ether oxygens (including phenoxy) is 1. The quantitative estimate of drug-likeness (QED) is 0.893. The van der Waals surface area contributed by atoms with Crippen LogP contribution in [0.15, 0.2) is 18.2 Å². The molecule has 1 atom stereocenters. The van der Waals surface area contributed by atoms with Crippen LogP contribution in [0.2, 0.25) is 0 Å². The lowest BCUT2D eigenvalue weighted by atomic mass is 10.0. The lowest BCUT2D eigenvalue weighted by molar-refractivity contribution is 0.0106. The highest BCUT2D eigenvalue weighted by molar-refractivity contribution is 5.98. The fourth-order valence-electron chi connectivity index (χ4n) is 3.52. The van der Waals surface area contributed by atoms with E-state index in [1.807, 2.05) is 43.9 Å². The molecule has 0 saturated carbocycles. The van der Waals surface area contributed by atoms with Gasteiger partial charge in [-0.25, -0.2) is 4.79 Å². The molecule has 0 radical (unpaired) electrons. The maximum Gasteiger partial charge on any atom is 0.410 e. The molecule has 2 aliphatic heterocycles. The number of amides is 2. The third-order valence-electron chi connectivity index (χ3n) is 4.73. The first-order valence-electron chi connectivity index (χ1n) is 8.89. The smallest absolute Gasteiger partial charge is 0.410 e. The van der Waals surface area contributed by atoms with Gasteiger partial charge in [0.05, 0.1) is 6.04 Å². The Morgan fingerprint density at radius 2 is 2.12 bits per heavy atom. The minimum Gasteiger partial charge on any atom is -0.444 e. The van der Waals surface area contributed by atoms with E-state index < -0.39 is 5.60 Å². The van der Waals surface area contributed by atoms with Gasteiger partial charge < -0.3 is 20.3 Å². The van der Waals surface area contributed by atoms with Gasteiger partial charge in [0.25, 0.3) is 5.91 Å². The van der Waals surface area contributed by atoms with Crippen LogP contribution in [0.5, 0.6) is 0 Å². The number of fused-ring (bicyclic) bond motifs is 1. The Balaban J connectivity index is 1.70. The van der Waals surface area contributed by atoms with Crippen molar-refractivity contribution in [3.05, 3.63) is 34.9 Å². The number of hydrogen-bond donors (Lipinski definition) is 1. The Labute approximate surface area is 148 Å². The molecule has 0 bridgehead atoms. The second-order valence-electron chi connectivity index (χ2n) is 7.85. The monoisotopic (exact) mass is 345 g/mol. The van der Waals surface area contributed by atoms with Gasteiger partial charge in [0.1, 0.15) is 5.60 Å². The SMILES string of the molecule is CC(C)(C)OC(=O)N1CCC[C@H](N2Cc3cc(CN)ccc3C2=O)C1. The molecular weight excluding hydrogens is 318 g/mol. The summed E-state index contributed by atoms with van der Waals surface area (Å²) in [6.45, 7) is 7.86. The number of nitrogens with two attached hydrogens (primary N) is 1. The van der Waals surface area contributed by atoms with Crippen LogP contribution in [-0.4, -0.2) is 46.5 Å². The summed E-state index contributed by atoms with van der Waals surface area (Å²) in [5.41, 5.74) is 8.01. The Hall–Kier alpha value is -2.08. The summed E-state index contributed by atoms with van der Waals surface area (Å²) in [6, 6.07) is 5.83. The summed E-state index contributed by atoms with van der Waals surface area (Å²) in [5.74, 6) is 0.0506. The number of hydrogen-bond acceptors (Lipinski definition) is 4. The topological polar surface area (TPSA) is 75.9 Å². The first kappa shape index (κ1) is 17.7.